The van der Waals surface area contributed by atoms with Crippen LogP contribution < -0.4 is 11.1 Å². The van der Waals surface area contributed by atoms with Crippen molar-refractivity contribution in [2.45, 2.75) is 51.6 Å². The summed E-state index contributed by atoms with van der Waals surface area (Å²) in [6, 6.07) is 6.35. The zero-order chi connectivity index (χ0) is 18.0. The van der Waals surface area contributed by atoms with Crippen LogP contribution >= 0.6 is 23.7 Å². The summed E-state index contributed by atoms with van der Waals surface area (Å²) in [7, 11) is 0. The molecule has 3 rings (SSSR count). The quantitative estimate of drug-likeness (QED) is 0.804. The Morgan fingerprint density at radius 2 is 2.04 bits per heavy atom. The molecule has 1 saturated carbocycles. The average Bonchev–Trinajstić information content (AvgIpc) is 2.97. The Kier molecular flexibility index (Phi) is 7.15. The van der Waals surface area contributed by atoms with Crippen molar-refractivity contribution in [3.63, 3.8) is 0 Å². The van der Waals surface area contributed by atoms with Crippen molar-refractivity contribution < 1.29 is 9.18 Å². The normalized spacial score (nSPS) is 20.9. The van der Waals surface area contributed by atoms with Crippen LogP contribution in [0.1, 0.15) is 49.2 Å². The van der Waals surface area contributed by atoms with E-state index in [-0.39, 0.29) is 42.1 Å². The van der Waals surface area contributed by atoms with Crippen LogP contribution in [0.3, 0.4) is 0 Å². The summed E-state index contributed by atoms with van der Waals surface area (Å²) in [5.74, 6) is -0.168. The maximum atomic E-state index is 13.1. The Hall–Kier alpha value is -1.50. The van der Waals surface area contributed by atoms with Gasteiger partial charge in [-0.25, -0.2) is 9.37 Å². The van der Waals surface area contributed by atoms with E-state index in [0.29, 0.717) is 0 Å². The Morgan fingerprint density at radius 1 is 1.35 bits per heavy atom. The monoisotopic (exact) mass is 397 g/mol. The summed E-state index contributed by atoms with van der Waals surface area (Å²) in [6.45, 7) is 3.92. The van der Waals surface area contributed by atoms with E-state index in [9.17, 15) is 9.18 Å². The van der Waals surface area contributed by atoms with Gasteiger partial charge in [-0.3, -0.25) is 4.79 Å². The van der Waals surface area contributed by atoms with Gasteiger partial charge in [-0.15, -0.1) is 23.7 Å². The Labute approximate surface area is 163 Å². The minimum absolute atomic E-state index is 0. The molecule has 0 radical (unpaired) electrons. The molecule has 3 atom stereocenters. The zero-order valence-electron chi connectivity index (χ0n) is 15.0. The summed E-state index contributed by atoms with van der Waals surface area (Å²) in [4.78, 5) is 18.2. The smallest absolute Gasteiger partial charge is 0.223 e. The number of carbonyl (C=O) groups excluding carboxylic acids is 1. The number of benzene rings is 1. The van der Waals surface area contributed by atoms with Gasteiger partial charge in [-0.05, 0) is 57.4 Å². The molecule has 1 aliphatic carbocycles. The van der Waals surface area contributed by atoms with Crippen molar-refractivity contribution in [2.75, 3.05) is 0 Å². The minimum atomic E-state index is -0.261. The molecular weight excluding hydrogens is 373 g/mol. The number of nitrogens with zero attached hydrogens (tertiary/aromatic N) is 1. The molecule has 3 unspecified atom stereocenters. The summed E-state index contributed by atoms with van der Waals surface area (Å²) in [5.41, 5.74) is 7.78. The highest BCUT2D eigenvalue weighted by Crippen LogP contribution is 2.32. The van der Waals surface area contributed by atoms with E-state index in [1.54, 1.807) is 23.5 Å². The predicted octanol–water partition coefficient (Wildman–Crippen LogP) is 4.37. The third kappa shape index (κ3) is 4.81. The van der Waals surface area contributed by atoms with Gasteiger partial charge in [0.25, 0.3) is 0 Å². The first-order valence-corrected chi connectivity index (χ1v) is 9.55. The molecule has 2 aromatic rings. The molecule has 1 fully saturated rings. The van der Waals surface area contributed by atoms with Gasteiger partial charge in [-0.1, -0.05) is 6.42 Å². The molecule has 0 aliphatic heterocycles. The summed E-state index contributed by atoms with van der Waals surface area (Å²) in [5, 5.41) is 3.96. The molecule has 1 aromatic carbocycles. The van der Waals surface area contributed by atoms with Crippen LogP contribution in [0.2, 0.25) is 0 Å². The van der Waals surface area contributed by atoms with Crippen molar-refractivity contribution in [3.05, 3.63) is 40.7 Å². The molecule has 4 nitrogen and oxygen atoms in total. The second-order valence-corrected chi connectivity index (χ2v) is 7.86. The number of rotatable bonds is 4. The fraction of sp³-hybridized carbons (Fsp3) is 0.474. The zero-order valence-corrected chi connectivity index (χ0v) is 16.6. The standard InChI is InChI=1S/C19H24FN3OS.ClH/c1-11(22-18(24)14-4-3-5-16(21)10-14)17-12(2)23-19(25-17)13-6-8-15(20)9-7-13;/h6-9,11,14,16H,3-5,10,21H2,1-2H3,(H,22,24);1H. The van der Waals surface area contributed by atoms with Gasteiger partial charge < -0.3 is 11.1 Å². The number of aromatic nitrogens is 1. The molecule has 0 bridgehead atoms. The second-order valence-electron chi connectivity index (χ2n) is 6.83. The van der Waals surface area contributed by atoms with Gasteiger partial charge >= 0.3 is 0 Å². The number of aryl methyl sites for hydroxylation is 1. The van der Waals surface area contributed by atoms with Gasteiger partial charge in [0.15, 0.2) is 0 Å². The number of thiazole rings is 1. The lowest BCUT2D eigenvalue weighted by Gasteiger charge is -2.27. The number of amides is 1. The number of nitrogens with two attached hydrogens (primary N) is 1. The van der Waals surface area contributed by atoms with Crippen LogP contribution in [0.15, 0.2) is 24.3 Å². The maximum absolute atomic E-state index is 13.1. The van der Waals surface area contributed by atoms with Crippen LogP contribution in [0.25, 0.3) is 10.6 Å². The number of nitrogens with one attached hydrogen (secondary N) is 1. The van der Waals surface area contributed by atoms with Gasteiger partial charge in [0.2, 0.25) is 5.91 Å². The maximum Gasteiger partial charge on any atom is 0.223 e. The molecule has 1 aliphatic rings. The van der Waals surface area contributed by atoms with E-state index in [1.165, 1.54) is 12.1 Å². The Morgan fingerprint density at radius 3 is 2.69 bits per heavy atom. The van der Waals surface area contributed by atoms with Crippen molar-refractivity contribution in [3.8, 4) is 10.6 Å². The average molecular weight is 398 g/mol. The van der Waals surface area contributed by atoms with Crippen molar-refractivity contribution in [2.24, 2.45) is 11.7 Å². The number of carbonyl (C=O) groups is 1. The fourth-order valence-electron chi connectivity index (χ4n) is 3.39. The SMILES string of the molecule is Cc1nc(-c2ccc(F)cc2)sc1C(C)NC(=O)C1CCCC(N)C1.Cl. The number of halogens is 2. The van der Waals surface area contributed by atoms with Gasteiger partial charge in [0, 0.05) is 17.5 Å². The molecule has 1 aromatic heterocycles. The van der Waals surface area contributed by atoms with Crippen molar-refractivity contribution >= 4 is 29.7 Å². The summed E-state index contributed by atoms with van der Waals surface area (Å²) >= 11 is 1.54. The molecular formula is C19H25ClFN3OS. The lowest BCUT2D eigenvalue weighted by Crippen LogP contribution is -2.38. The number of hydrogen-bond acceptors (Lipinski definition) is 4. The largest absolute Gasteiger partial charge is 0.348 e. The van der Waals surface area contributed by atoms with E-state index in [0.717, 1.165) is 46.8 Å². The first-order chi connectivity index (χ1) is 11.9. The molecule has 0 spiro atoms. The van der Waals surface area contributed by atoms with Crippen LogP contribution in [-0.4, -0.2) is 16.9 Å². The van der Waals surface area contributed by atoms with Crippen LogP contribution in [0.4, 0.5) is 4.39 Å². The van der Waals surface area contributed by atoms with Crippen LogP contribution in [-0.2, 0) is 4.79 Å². The van der Waals surface area contributed by atoms with Gasteiger partial charge in [-0.2, -0.15) is 0 Å². The molecule has 142 valence electrons. The highest BCUT2D eigenvalue weighted by atomic mass is 35.5. The van der Waals surface area contributed by atoms with Crippen molar-refractivity contribution in [1.29, 1.82) is 0 Å². The van der Waals surface area contributed by atoms with E-state index < -0.39 is 0 Å². The fourth-order valence-corrected chi connectivity index (χ4v) is 4.46. The van der Waals surface area contributed by atoms with Crippen molar-refractivity contribution in [1.82, 2.24) is 10.3 Å². The first-order valence-electron chi connectivity index (χ1n) is 8.73. The predicted molar refractivity (Wildman–Crippen MR) is 106 cm³/mol. The second kappa shape index (κ2) is 8.93. The lowest BCUT2D eigenvalue weighted by atomic mass is 9.85. The minimum Gasteiger partial charge on any atom is -0.348 e. The molecule has 7 heteroatoms. The van der Waals surface area contributed by atoms with E-state index in [1.807, 2.05) is 13.8 Å². The summed E-state index contributed by atoms with van der Waals surface area (Å²) < 4.78 is 13.1. The topological polar surface area (TPSA) is 68.0 Å². The number of hydrogen-bond donors (Lipinski definition) is 2. The highest BCUT2D eigenvalue weighted by molar-refractivity contribution is 7.15. The van der Waals surface area contributed by atoms with E-state index >= 15 is 0 Å². The lowest BCUT2D eigenvalue weighted by molar-refractivity contribution is -0.126. The first kappa shape index (κ1) is 20.8. The van der Waals surface area contributed by atoms with Crippen LogP contribution in [0.5, 0.6) is 0 Å². The summed E-state index contributed by atoms with van der Waals surface area (Å²) in [6.07, 6.45) is 3.70. The van der Waals surface area contributed by atoms with E-state index in [2.05, 4.69) is 10.3 Å². The molecule has 3 N–H and O–H groups in total. The van der Waals surface area contributed by atoms with Gasteiger partial charge in [0.1, 0.15) is 10.8 Å². The van der Waals surface area contributed by atoms with Gasteiger partial charge in [0.05, 0.1) is 16.6 Å². The molecule has 1 amide bonds. The Bertz CT molecular complexity index is 750. The third-order valence-corrected chi connectivity index (χ3v) is 6.15. The van der Waals surface area contributed by atoms with Crippen LogP contribution in [0, 0.1) is 18.7 Å². The molecule has 26 heavy (non-hydrogen) atoms. The highest BCUT2D eigenvalue weighted by Gasteiger charge is 2.27. The Balaban J connectivity index is 0.00000243. The molecule has 1 heterocycles. The molecule has 0 saturated heterocycles. The van der Waals surface area contributed by atoms with E-state index in [4.69, 9.17) is 5.73 Å². The third-order valence-electron chi connectivity index (χ3n) is 4.76.